The van der Waals surface area contributed by atoms with E-state index in [1.54, 1.807) is 18.2 Å². The fourth-order valence-corrected chi connectivity index (χ4v) is 3.19. The lowest BCUT2D eigenvalue weighted by molar-refractivity contribution is -0.121. The molecule has 2 N–H and O–H groups in total. The second kappa shape index (κ2) is 10.7. The number of hydrogen-bond donors (Lipinski definition) is 2. The van der Waals surface area contributed by atoms with Gasteiger partial charge in [-0.05, 0) is 41.2 Å². The number of carbonyl (C=O) groups is 2. The van der Waals surface area contributed by atoms with E-state index in [9.17, 15) is 9.59 Å². The maximum absolute atomic E-state index is 12.5. The van der Waals surface area contributed by atoms with Crippen molar-refractivity contribution in [1.29, 1.82) is 0 Å². The standard InChI is InChI=1S/C24H32N2O4/c1-15(2)17-7-9-18(10-8-17)23(16(3)4)26-22(27)14-25-24(28)19-11-12-20(29-5)21(13-19)30-6/h7-13,15-16,23H,14H2,1-6H3,(H,25,28)(H,26,27). The molecule has 0 spiro atoms. The molecule has 1 unspecified atom stereocenters. The highest BCUT2D eigenvalue weighted by Gasteiger charge is 2.19. The van der Waals surface area contributed by atoms with Gasteiger partial charge in [-0.25, -0.2) is 0 Å². The Balaban J connectivity index is 2.00. The Bertz CT molecular complexity index is 860. The third-order valence-corrected chi connectivity index (χ3v) is 5.00. The zero-order valence-corrected chi connectivity index (χ0v) is 18.6. The number of carbonyl (C=O) groups excluding carboxylic acids is 2. The minimum absolute atomic E-state index is 0.111. The Hall–Kier alpha value is -3.02. The van der Waals surface area contributed by atoms with E-state index in [2.05, 4.69) is 62.6 Å². The smallest absolute Gasteiger partial charge is 0.251 e. The highest BCUT2D eigenvalue weighted by atomic mass is 16.5. The molecular formula is C24H32N2O4. The average Bonchev–Trinajstić information content (AvgIpc) is 2.75. The Kier molecular flexibility index (Phi) is 8.27. The van der Waals surface area contributed by atoms with Crippen molar-refractivity contribution in [3.05, 3.63) is 59.2 Å². The van der Waals surface area contributed by atoms with Crippen LogP contribution in [0.3, 0.4) is 0 Å². The predicted octanol–water partition coefficient (Wildman–Crippen LogP) is 4.07. The van der Waals surface area contributed by atoms with Crippen molar-refractivity contribution in [3.63, 3.8) is 0 Å². The number of hydrogen-bond acceptors (Lipinski definition) is 4. The van der Waals surface area contributed by atoms with E-state index in [4.69, 9.17) is 9.47 Å². The number of amides is 2. The van der Waals surface area contributed by atoms with Crippen molar-refractivity contribution >= 4 is 11.8 Å². The van der Waals surface area contributed by atoms with Gasteiger partial charge in [0.1, 0.15) is 0 Å². The zero-order chi connectivity index (χ0) is 22.3. The first-order chi connectivity index (χ1) is 14.3. The summed E-state index contributed by atoms with van der Waals surface area (Å²) in [4.78, 5) is 24.9. The lowest BCUT2D eigenvalue weighted by Gasteiger charge is -2.23. The molecule has 30 heavy (non-hydrogen) atoms. The zero-order valence-electron chi connectivity index (χ0n) is 18.6. The highest BCUT2D eigenvalue weighted by molar-refractivity contribution is 5.97. The van der Waals surface area contributed by atoms with Crippen LogP contribution >= 0.6 is 0 Å². The summed E-state index contributed by atoms with van der Waals surface area (Å²) < 4.78 is 10.4. The maximum atomic E-state index is 12.5. The fourth-order valence-electron chi connectivity index (χ4n) is 3.19. The largest absolute Gasteiger partial charge is 0.493 e. The van der Waals surface area contributed by atoms with Crippen LogP contribution in [-0.4, -0.2) is 32.6 Å². The summed E-state index contributed by atoms with van der Waals surface area (Å²) in [6.45, 7) is 8.31. The summed E-state index contributed by atoms with van der Waals surface area (Å²) in [5.41, 5.74) is 2.70. The third-order valence-electron chi connectivity index (χ3n) is 5.00. The van der Waals surface area contributed by atoms with Crippen molar-refractivity contribution < 1.29 is 19.1 Å². The first-order valence-electron chi connectivity index (χ1n) is 10.2. The van der Waals surface area contributed by atoms with Crippen LogP contribution in [0.15, 0.2) is 42.5 Å². The molecule has 0 aliphatic carbocycles. The quantitative estimate of drug-likeness (QED) is 0.651. The SMILES string of the molecule is COc1ccc(C(=O)NCC(=O)NC(c2ccc(C(C)C)cc2)C(C)C)cc1OC. The monoisotopic (exact) mass is 412 g/mol. The van der Waals surface area contributed by atoms with Crippen LogP contribution in [0.2, 0.25) is 0 Å². The van der Waals surface area contributed by atoms with Crippen molar-refractivity contribution in [2.75, 3.05) is 20.8 Å². The lowest BCUT2D eigenvalue weighted by Crippen LogP contribution is -2.40. The van der Waals surface area contributed by atoms with Crippen LogP contribution in [0, 0.1) is 5.92 Å². The molecule has 0 radical (unpaired) electrons. The molecule has 2 aromatic rings. The van der Waals surface area contributed by atoms with Crippen molar-refractivity contribution in [1.82, 2.24) is 10.6 Å². The van der Waals surface area contributed by atoms with E-state index < -0.39 is 0 Å². The average molecular weight is 413 g/mol. The molecule has 2 aromatic carbocycles. The predicted molar refractivity (Wildman–Crippen MR) is 118 cm³/mol. The van der Waals surface area contributed by atoms with E-state index in [0.717, 1.165) is 5.56 Å². The Morgan fingerprint density at radius 2 is 1.47 bits per heavy atom. The molecule has 0 bridgehead atoms. The van der Waals surface area contributed by atoms with Gasteiger partial charge in [0.2, 0.25) is 5.91 Å². The summed E-state index contributed by atoms with van der Waals surface area (Å²) >= 11 is 0. The summed E-state index contributed by atoms with van der Waals surface area (Å²) in [6, 6.07) is 13.0. The molecule has 0 saturated heterocycles. The van der Waals surface area contributed by atoms with Gasteiger partial charge in [-0.15, -0.1) is 0 Å². The van der Waals surface area contributed by atoms with Crippen LogP contribution in [0.1, 0.15) is 61.1 Å². The minimum Gasteiger partial charge on any atom is -0.493 e. The topological polar surface area (TPSA) is 76.7 Å². The van der Waals surface area contributed by atoms with E-state index in [1.165, 1.54) is 19.8 Å². The second-order valence-corrected chi connectivity index (χ2v) is 7.86. The minimum atomic E-state index is -0.353. The number of benzene rings is 2. The summed E-state index contributed by atoms with van der Waals surface area (Å²) in [5.74, 6) is 1.07. The number of nitrogens with one attached hydrogen (secondary N) is 2. The summed E-state index contributed by atoms with van der Waals surface area (Å²) in [5, 5.41) is 5.69. The molecule has 0 aliphatic rings. The highest BCUT2D eigenvalue weighted by Crippen LogP contribution is 2.27. The van der Waals surface area contributed by atoms with Gasteiger partial charge in [-0.2, -0.15) is 0 Å². The summed E-state index contributed by atoms with van der Waals surface area (Å²) in [6.07, 6.45) is 0. The molecule has 1 atom stereocenters. The number of ether oxygens (including phenoxy) is 2. The molecule has 0 saturated carbocycles. The Morgan fingerprint density at radius 3 is 2.00 bits per heavy atom. The van der Waals surface area contributed by atoms with Crippen molar-refractivity contribution in [2.24, 2.45) is 5.92 Å². The molecule has 6 heteroatoms. The van der Waals surface area contributed by atoms with Crippen molar-refractivity contribution in [2.45, 2.75) is 39.7 Å². The molecule has 162 valence electrons. The van der Waals surface area contributed by atoms with Gasteiger partial charge in [-0.3, -0.25) is 9.59 Å². The molecule has 2 rings (SSSR count). The van der Waals surface area contributed by atoms with E-state index >= 15 is 0 Å². The van der Waals surface area contributed by atoms with E-state index in [1.807, 2.05) is 0 Å². The van der Waals surface area contributed by atoms with Gasteiger partial charge >= 0.3 is 0 Å². The lowest BCUT2D eigenvalue weighted by atomic mass is 9.93. The van der Waals surface area contributed by atoms with Gasteiger partial charge in [0.15, 0.2) is 11.5 Å². The Morgan fingerprint density at radius 1 is 0.867 bits per heavy atom. The van der Waals surface area contributed by atoms with Crippen LogP contribution in [-0.2, 0) is 4.79 Å². The normalized spacial score (nSPS) is 11.9. The summed E-state index contributed by atoms with van der Waals surface area (Å²) in [7, 11) is 3.04. The molecular weight excluding hydrogens is 380 g/mol. The van der Waals surface area contributed by atoms with Crippen LogP contribution < -0.4 is 20.1 Å². The second-order valence-electron chi connectivity index (χ2n) is 7.86. The molecule has 2 amide bonds. The number of methoxy groups -OCH3 is 2. The van der Waals surface area contributed by atoms with Gasteiger partial charge in [0, 0.05) is 5.56 Å². The van der Waals surface area contributed by atoms with E-state index in [0.29, 0.717) is 23.0 Å². The first-order valence-corrected chi connectivity index (χ1v) is 10.2. The molecule has 0 aromatic heterocycles. The molecule has 6 nitrogen and oxygen atoms in total. The van der Waals surface area contributed by atoms with Crippen LogP contribution in [0.4, 0.5) is 0 Å². The van der Waals surface area contributed by atoms with Gasteiger partial charge in [0.05, 0.1) is 26.8 Å². The molecule has 0 heterocycles. The van der Waals surface area contributed by atoms with Crippen molar-refractivity contribution in [3.8, 4) is 11.5 Å². The molecule has 0 fully saturated rings. The molecule has 0 aliphatic heterocycles. The van der Waals surface area contributed by atoms with Crippen LogP contribution in [0.25, 0.3) is 0 Å². The van der Waals surface area contributed by atoms with E-state index in [-0.39, 0.29) is 30.3 Å². The fraction of sp³-hybridized carbons (Fsp3) is 0.417. The maximum Gasteiger partial charge on any atom is 0.251 e. The van der Waals surface area contributed by atoms with Crippen LogP contribution in [0.5, 0.6) is 11.5 Å². The van der Waals surface area contributed by atoms with Gasteiger partial charge in [0.25, 0.3) is 5.91 Å². The van der Waals surface area contributed by atoms with Gasteiger partial charge < -0.3 is 20.1 Å². The first kappa shape index (κ1) is 23.3. The van der Waals surface area contributed by atoms with Gasteiger partial charge in [-0.1, -0.05) is 52.0 Å². The number of rotatable bonds is 9. The third kappa shape index (κ3) is 5.99. The Labute approximate surface area is 179 Å².